The van der Waals surface area contributed by atoms with Gasteiger partial charge in [0.25, 0.3) is 0 Å². The highest BCUT2D eigenvalue weighted by molar-refractivity contribution is 5.22. The summed E-state index contributed by atoms with van der Waals surface area (Å²) in [5, 5.41) is 3.37. The molecule has 0 saturated heterocycles. The van der Waals surface area contributed by atoms with Crippen LogP contribution < -0.4 is 5.32 Å². The molecule has 0 aliphatic rings. The van der Waals surface area contributed by atoms with E-state index in [0.717, 1.165) is 25.2 Å². The second kappa shape index (κ2) is 7.91. The van der Waals surface area contributed by atoms with Crippen molar-refractivity contribution >= 4 is 0 Å². The first-order chi connectivity index (χ1) is 10.2. The Hall–Kier alpha value is -1.71. The van der Waals surface area contributed by atoms with E-state index in [1.165, 1.54) is 11.6 Å². The van der Waals surface area contributed by atoms with Crippen molar-refractivity contribution in [3.63, 3.8) is 0 Å². The standard InChI is InChI=1S/C18H23FN2/c1-3-20-18(16-11-7-8-12-17(16)19)14-21(2)13-15-9-5-4-6-10-15/h4-12,18,20H,3,13-14H2,1-2H3. The maximum absolute atomic E-state index is 14.0. The van der Waals surface area contributed by atoms with E-state index in [1.54, 1.807) is 6.07 Å². The van der Waals surface area contributed by atoms with Gasteiger partial charge in [-0.2, -0.15) is 0 Å². The second-order valence-electron chi connectivity index (χ2n) is 5.31. The van der Waals surface area contributed by atoms with Crippen molar-refractivity contribution in [3.8, 4) is 0 Å². The van der Waals surface area contributed by atoms with Crippen LogP contribution in [0.15, 0.2) is 54.6 Å². The molecule has 0 amide bonds. The van der Waals surface area contributed by atoms with Gasteiger partial charge in [0.15, 0.2) is 0 Å². The molecule has 2 aromatic carbocycles. The first kappa shape index (κ1) is 15.7. The number of halogens is 1. The highest BCUT2D eigenvalue weighted by Gasteiger charge is 2.16. The molecule has 0 saturated carbocycles. The quantitative estimate of drug-likeness (QED) is 0.836. The molecule has 0 spiro atoms. The van der Waals surface area contributed by atoms with Crippen molar-refractivity contribution in [2.45, 2.75) is 19.5 Å². The summed E-state index contributed by atoms with van der Waals surface area (Å²) in [6, 6.07) is 17.3. The average Bonchev–Trinajstić information content (AvgIpc) is 2.48. The van der Waals surface area contributed by atoms with E-state index in [2.05, 4.69) is 29.4 Å². The summed E-state index contributed by atoms with van der Waals surface area (Å²) in [5.74, 6) is -0.142. The molecule has 112 valence electrons. The highest BCUT2D eigenvalue weighted by atomic mass is 19.1. The van der Waals surface area contributed by atoms with Crippen LogP contribution in [-0.4, -0.2) is 25.0 Å². The zero-order valence-corrected chi connectivity index (χ0v) is 12.7. The summed E-state index contributed by atoms with van der Waals surface area (Å²) >= 11 is 0. The van der Waals surface area contributed by atoms with E-state index in [9.17, 15) is 4.39 Å². The van der Waals surface area contributed by atoms with Crippen LogP contribution in [-0.2, 0) is 6.54 Å². The van der Waals surface area contributed by atoms with E-state index in [-0.39, 0.29) is 11.9 Å². The van der Waals surface area contributed by atoms with Gasteiger partial charge in [0.05, 0.1) is 0 Å². The first-order valence-electron chi connectivity index (χ1n) is 7.41. The molecule has 0 aromatic heterocycles. The van der Waals surface area contributed by atoms with Crippen LogP contribution in [0, 0.1) is 5.82 Å². The van der Waals surface area contributed by atoms with E-state index in [1.807, 2.05) is 37.3 Å². The van der Waals surface area contributed by atoms with E-state index >= 15 is 0 Å². The topological polar surface area (TPSA) is 15.3 Å². The SMILES string of the molecule is CCNC(CN(C)Cc1ccccc1)c1ccccc1F. The molecular weight excluding hydrogens is 263 g/mol. The van der Waals surface area contributed by atoms with Crippen LogP contribution in [0.3, 0.4) is 0 Å². The lowest BCUT2D eigenvalue weighted by molar-refractivity contribution is 0.282. The van der Waals surface area contributed by atoms with Gasteiger partial charge in [-0.15, -0.1) is 0 Å². The Labute approximate surface area is 126 Å². The number of nitrogens with zero attached hydrogens (tertiary/aromatic N) is 1. The number of hydrogen-bond donors (Lipinski definition) is 1. The third-order valence-electron chi connectivity index (χ3n) is 3.52. The number of rotatable bonds is 7. The molecule has 2 rings (SSSR count). The van der Waals surface area contributed by atoms with Gasteiger partial charge in [-0.05, 0) is 25.2 Å². The van der Waals surface area contributed by atoms with Crippen LogP contribution in [0.4, 0.5) is 4.39 Å². The summed E-state index contributed by atoms with van der Waals surface area (Å²) in [6.45, 7) is 4.49. The summed E-state index contributed by atoms with van der Waals surface area (Å²) in [6.07, 6.45) is 0. The Kier molecular flexibility index (Phi) is 5.90. The van der Waals surface area contributed by atoms with Gasteiger partial charge in [-0.1, -0.05) is 55.5 Å². The fourth-order valence-corrected chi connectivity index (χ4v) is 2.55. The number of likely N-dealkylation sites (N-methyl/N-ethyl adjacent to an activating group) is 2. The van der Waals surface area contributed by atoms with E-state index < -0.39 is 0 Å². The zero-order chi connectivity index (χ0) is 15.1. The maximum Gasteiger partial charge on any atom is 0.128 e. The molecule has 0 fully saturated rings. The van der Waals surface area contributed by atoms with E-state index in [0.29, 0.717) is 0 Å². The van der Waals surface area contributed by atoms with Gasteiger partial charge in [0.1, 0.15) is 5.82 Å². The minimum absolute atomic E-state index is 0.00455. The summed E-state index contributed by atoms with van der Waals surface area (Å²) in [4.78, 5) is 2.22. The molecule has 0 radical (unpaired) electrons. The molecule has 1 atom stereocenters. The normalized spacial score (nSPS) is 12.6. The monoisotopic (exact) mass is 286 g/mol. The summed E-state index contributed by atoms with van der Waals surface area (Å²) < 4.78 is 14.0. The molecule has 0 aliphatic carbocycles. The molecular formula is C18H23FN2. The Morgan fingerprint density at radius 1 is 1.05 bits per heavy atom. The lowest BCUT2D eigenvalue weighted by Gasteiger charge is -2.25. The van der Waals surface area contributed by atoms with Crippen molar-refractivity contribution < 1.29 is 4.39 Å². The van der Waals surface area contributed by atoms with Gasteiger partial charge in [0, 0.05) is 24.7 Å². The molecule has 0 heterocycles. The molecule has 0 bridgehead atoms. The minimum Gasteiger partial charge on any atom is -0.309 e. The number of hydrogen-bond acceptors (Lipinski definition) is 2. The number of nitrogens with one attached hydrogen (secondary N) is 1. The second-order valence-corrected chi connectivity index (χ2v) is 5.31. The zero-order valence-electron chi connectivity index (χ0n) is 12.7. The van der Waals surface area contributed by atoms with Crippen LogP contribution in [0.2, 0.25) is 0 Å². The van der Waals surface area contributed by atoms with Crippen LogP contribution >= 0.6 is 0 Å². The van der Waals surface area contributed by atoms with Crippen LogP contribution in [0.1, 0.15) is 24.1 Å². The van der Waals surface area contributed by atoms with Crippen LogP contribution in [0.5, 0.6) is 0 Å². The summed E-state index contributed by atoms with van der Waals surface area (Å²) in [7, 11) is 2.07. The lowest BCUT2D eigenvalue weighted by Crippen LogP contribution is -2.33. The Morgan fingerprint density at radius 2 is 1.71 bits per heavy atom. The molecule has 2 nitrogen and oxygen atoms in total. The van der Waals surface area contributed by atoms with Crippen molar-refractivity contribution in [1.29, 1.82) is 0 Å². The minimum atomic E-state index is -0.142. The Morgan fingerprint density at radius 3 is 2.38 bits per heavy atom. The third-order valence-corrected chi connectivity index (χ3v) is 3.52. The van der Waals surface area contributed by atoms with Crippen molar-refractivity contribution in [3.05, 3.63) is 71.5 Å². The van der Waals surface area contributed by atoms with Gasteiger partial charge in [0.2, 0.25) is 0 Å². The predicted octanol–water partition coefficient (Wildman–Crippen LogP) is 3.61. The van der Waals surface area contributed by atoms with E-state index in [4.69, 9.17) is 0 Å². The molecule has 0 aliphatic heterocycles. The molecule has 2 aromatic rings. The van der Waals surface area contributed by atoms with Crippen molar-refractivity contribution in [2.75, 3.05) is 20.1 Å². The van der Waals surface area contributed by atoms with Crippen molar-refractivity contribution in [2.24, 2.45) is 0 Å². The summed E-state index contributed by atoms with van der Waals surface area (Å²) in [5.41, 5.74) is 2.00. The molecule has 21 heavy (non-hydrogen) atoms. The highest BCUT2D eigenvalue weighted by Crippen LogP contribution is 2.18. The van der Waals surface area contributed by atoms with Gasteiger partial charge in [-0.25, -0.2) is 4.39 Å². The largest absolute Gasteiger partial charge is 0.309 e. The molecule has 1 N–H and O–H groups in total. The van der Waals surface area contributed by atoms with Gasteiger partial charge >= 0.3 is 0 Å². The fraction of sp³-hybridized carbons (Fsp3) is 0.333. The predicted molar refractivity (Wildman–Crippen MR) is 85.6 cm³/mol. The first-order valence-corrected chi connectivity index (χ1v) is 7.41. The Balaban J connectivity index is 2.04. The van der Waals surface area contributed by atoms with Crippen LogP contribution in [0.25, 0.3) is 0 Å². The smallest absolute Gasteiger partial charge is 0.128 e. The lowest BCUT2D eigenvalue weighted by atomic mass is 10.1. The van der Waals surface area contributed by atoms with Gasteiger partial charge < -0.3 is 10.2 Å². The molecule has 3 heteroatoms. The molecule has 1 unspecified atom stereocenters. The van der Waals surface area contributed by atoms with Gasteiger partial charge in [-0.3, -0.25) is 0 Å². The van der Waals surface area contributed by atoms with Crippen molar-refractivity contribution in [1.82, 2.24) is 10.2 Å². The number of benzene rings is 2. The maximum atomic E-state index is 14.0. The fourth-order valence-electron chi connectivity index (χ4n) is 2.55. The average molecular weight is 286 g/mol. The Bertz CT molecular complexity index is 542. The third kappa shape index (κ3) is 4.66.